The molecular formula is C25H45N3O7. The van der Waals surface area contributed by atoms with E-state index in [1.807, 2.05) is 0 Å². The molecule has 3 N–H and O–H groups in total. The number of rotatable bonds is 5. The number of amides is 3. The molecule has 0 aromatic rings. The summed E-state index contributed by atoms with van der Waals surface area (Å²) in [4.78, 5) is 48.6. The Balaban J connectivity index is 0.00000267. The average Bonchev–Trinajstić information content (AvgIpc) is 2.95. The number of nitrogens with two attached hydrogens (primary N) is 1. The lowest BCUT2D eigenvalue weighted by molar-refractivity contribution is -0.160. The highest BCUT2D eigenvalue weighted by molar-refractivity contribution is 5.83. The molecule has 0 aromatic carbocycles. The van der Waals surface area contributed by atoms with Gasteiger partial charge in [-0.3, -0.25) is 9.69 Å². The lowest BCUT2D eigenvalue weighted by Gasteiger charge is -2.33. The Morgan fingerprint density at radius 3 is 1.80 bits per heavy atom. The van der Waals surface area contributed by atoms with Crippen molar-refractivity contribution < 1.29 is 33.4 Å². The summed E-state index contributed by atoms with van der Waals surface area (Å²) < 4.78 is 16.4. The predicted molar refractivity (Wildman–Crippen MR) is 134 cm³/mol. The topological polar surface area (TPSA) is 137 Å². The first kappa shape index (κ1) is 32.2. The Kier molecular flexibility index (Phi) is 11.8. The van der Waals surface area contributed by atoms with Crippen LogP contribution in [0.4, 0.5) is 9.59 Å². The maximum absolute atomic E-state index is 13.0. The Morgan fingerprint density at radius 2 is 1.40 bits per heavy atom. The van der Waals surface area contributed by atoms with E-state index in [9.17, 15) is 19.2 Å². The quantitative estimate of drug-likeness (QED) is 0.332. The number of alkyl carbamates (subject to hydrolysis) is 1. The molecule has 1 fully saturated rings. The summed E-state index contributed by atoms with van der Waals surface area (Å²) in [7, 11) is 0. The van der Waals surface area contributed by atoms with Gasteiger partial charge in [-0.2, -0.15) is 0 Å². The van der Waals surface area contributed by atoms with Crippen molar-refractivity contribution in [1.29, 1.82) is 0 Å². The van der Waals surface area contributed by atoms with Crippen molar-refractivity contribution in [3.05, 3.63) is 12.7 Å². The van der Waals surface area contributed by atoms with Crippen molar-refractivity contribution in [2.75, 3.05) is 6.54 Å². The van der Waals surface area contributed by atoms with Gasteiger partial charge >= 0.3 is 18.2 Å². The van der Waals surface area contributed by atoms with E-state index in [-0.39, 0.29) is 24.4 Å². The monoisotopic (exact) mass is 499 g/mol. The van der Waals surface area contributed by atoms with Gasteiger partial charge in [-0.1, -0.05) is 6.08 Å². The van der Waals surface area contributed by atoms with Crippen LogP contribution in [-0.2, 0) is 23.8 Å². The van der Waals surface area contributed by atoms with Gasteiger partial charge in [0.1, 0.15) is 22.8 Å². The summed E-state index contributed by atoms with van der Waals surface area (Å²) in [5.74, 6) is -0.960. The van der Waals surface area contributed by atoms with E-state index in [0.717, 1.165) is 0 Å². The van der Waals surface area contributed by atoms with Crippen LogP contribution in [0.1, 0.15) is 82.1 Å². The molecule has 35 heavy (non-hydrogen) atoms. The number of primary amides is 1. The van der Waals surface area contributed by atoms with Crippen molar-refractivity contribution >= 4 is 24.1 Å². The Hall–Kier alpha value is -2.78. The number of carbonyl (C=O) groups excluding carboxylic acids is 4. The van der Waals surface area contributed by atoms with Crippen LogP contribution in [-0.4, -0.2) is 64.4 Å². The Morgan fingerprint density at radius 1 is 0.943 bits per heavy atom. The minimum absolute atomic E-state index is 0.148. The fourth-order valence-electron chi connectivity index (χ4n) is 3.37. The largest absolute Gasteiger partial charge is 0.458 e. The number of hydrogen-bond acceptors (Lipinski definition) is 7. The summed E-state index contributed by atoms with van der Waals surface area (Å²) >= 11 is 0. The zero-order chi connectivity index (χ0) is 27.8. The Labute approximate surface area is 209 Å². The molecule has 1 saturated heterocycles. The molecule has 1 aliphatic heterocycles. The number of carbonyl (C=O) groups is 4. The van der Waals surface area contributed by atoms with Crippen LogP contribution in [0.25, 0.3) is 0 Å². The second kappa shape index (κ2) is 12.8. The highest BCUT2D eigenvalue weighted by Gasteiger charge is 2.48. The standard InChI is InChI=1S/C23H40N2O6.C2H5NO/c1-11-15-14-17(18(26)29-21(2,3)4)25(20(28)31-23(8,9)10)16(15)12-13-24-19(27)30-22(5,6)7;1-2(3)4/h11,15-17H,1,12-14H2,2-10H3,(H,24,27);1H3,(H2,3,4)/t15-,16-,17-;/m1./s1. The normalized spacial score (nSPS) is 20.2. The highest BCUT2D eigenvalue weighted by Crippen LogP contribution is 2.35. The third-order valence-corrected chi connectivity index (χ3v) is 4.38. The number of ether oxygens (including phenoxy) is 3. The fraction of sp³-hybridized carbons (Fsp3) is 0.760. The van der Waals surface area contributed by atoms with E-state index in [1.165, 1.54) is 11.8 Å². The molecule has 1 heterocycles. The van der Waals surface area contributed by atoms with E-state index >= 15 is 0 Å². The van der Waals surface area contributed by atoms with Crippen LogP contribution >= 0.6 is 0 Å². The molecular weight excluding hydrogens is 454 g/mol. The van der Waals surface area contributed by atoms with Crippen LogP contribution in [0, 0.1) is 5.92 Å². The van der Waals surface area contributed by atoms with Crippen LogP contribution in [0.3, 0.4) is 0 Å². The second-order valence-electron chi connectivity index (χ2n) is 11.5. The summed E-state index contributed by atoms with van der Waals surface area (Å²) in [6.45, 7) is 21.5. The average molecular weight is 500 g/mol. The third-order valence-electron chi connectivity index (χ3n) is 4.38. The first-order valence-corrected chi connectivity index (χ1v) is 11.8. The van der Waals surface area contributed by atoms with Crippen LogP contribution in [0.5, 0.6) is 0 Å². The summed E-state index contributed by atoms with van der Waals surface area (Å²) in [5.41, 5.74) is 2.46. The van der Waals surface area contributed by atoms with E-state index < -0.39 is 41.0 Å². The molecule has 3 atom stereocenters. The maximum Gasteiger partial charge on any atom is 0.411 e. The molecule has 0 aliphatic carbocycles. The molecule has 1 rings (SSSR count). The van der Waals surface area contributed by atoms with Gasteiger partial charge in [0.15, 0.2) is 0 Å². The first-order chi connectivity index (χ1) is 15.7. The second-order valence-corrected chi connectivity index (χ2v) is 11.5. The van der Waals surface area contributed by atoms with Crippen LogP contribution in [0.15, 0.2) is 12.7 Å². The Bertz CT molecular complexity index is 756. The fourth-order valence-corrected chi connectivity index (χ4v) is 3.37. The van der Waals surface area contributed by atoms with E-state index in [0.29, 0.717) is 12.8 Å². The molecule has 0 aromatic heterocycles. The van der Waals surface area contributed by atoms with Gasteiger partial charge in [-0.15, -0.1) is 6.58 Å². The van der Waals surface area contributed by atoms with Gasteiger partial charge in [-0.05, 0) is 81.1 Å². The minimum Gasteiger partial charge on any atom is -0.458 e. The van der Waals surface area contributed by atoms with Gasteiger partial charge in [0.2, 0.25) is 5.91 Å². The van der Waals surface area contributed by atoms with E-state index in [1.54, 1.807) is 68.4 Å². The van der Waals surface area contributed by atoms with Gasteiger partial charge in [-0.25, -0.2) is 14.4 Å². The molecule has 10 heteroatoms. The molecule has 0 radical (unpaired) electrons. The maximum atomic E-state index is 13.0. The van der Waals surface area contributed by atoms with Crippen molar-refractivity contribution in [2.24, 2.45) is 11.7 Å². The molecule has 0 bridgehead atoms. The van der Waals surface area contributed by atoms with Crippen molar-refractivity contribution in [1.82, 2.24) is 10.2 Å². The first-order valence-electron chi connectivity index (χ1n) is 11.8. The predicted octanol–water partition coefficient (Wildman–Crippen LogP) is 3.91. The lowest BCUT2D eigenvalue weighted by Crippen LogP contribution is -2.50. The number of esters is 1. The molecule has 0 unspecified atom stereocenters. The molecule has 10 nitrogen and oxygen atoms in total. The lowest BCUT2D eigenvalue weighted by atomic mass is 9.96. The molecule has 0 saturated carbocycles. The molecule has 3 amide bonds. The summed E-state index contributed by atoms with van der Waals surface area (Å²) in [6.07, 6.45) is 1.41. The van der Waals surface area contributed by atoms with Crippen molar-refractivity contribution in [3.8, 4) is 0 Å². The van der Waals surface area contributed by atoms with Crippen molar-refractivity contribution in [2.45, 2.75) is 111 Å². The van der Waals surface area contributed by atoms with Gasteiger partial charge in [0, 0.05) is 19.5 Å². The number of nitrogens with zero attached hydrogens (tertiary/aromatic N) is 1. The van der Waals surface area contributed by atoms with Crippen LogP contribution < -0.4 is 11.1 Å². The number of likely N-dealkylation sites (tertiary alicyclic amines) is 1. The number of hydrogen-bond donors (Lipinski definition) is 2. The molecule has 202 valence electrons. The van der Waals surface area contributed by atoms with Crippen LogP contribution in [0.2, 0.25) is 0 Å². The summed E-state index contributed by atoms with van der Waals surface area (Å²) in [6, 6.07) is -1.16. The summed E-state index contributed by atoms with van der Waals surface area (Å²) in [5, 5.41) is 2.71. The zero-order valence-corrected chi connectivity index (χ0v) is 23.0. The van der Waals surface area contributed by atoms with Crippen molar-refractivity contribution in [3.63, 3.8) is 0 Å². The van der Waals surface area contributed by atoms with Gasteiger partial charge < -0.3 is 25.3 Å². The molecule has 0 spiro atoms. The highest BCUT2D eigenvalue weighted by atomic mass is 16.6. The minimum atomic E-state index is -0.788. The third kappa shape index (κ3) is 13.6. The smallest absolute Gasteiger partial charge is 0.411 e. The van der Waals surface area contributed by atoms with E-state index in [4.69, 9.17) is 14.2 Å². The van der Waals surface area contributed by atoms with Gasteiger partial charge in [0.25, 0.3) is 0 Å². The van der Waals surface area contributed by atoms with E-state index in [2.05, 4.69) is 17.6 Å². The van der Waals surface area contributed by atoms with Gasteiger partial charge in [0.05, 0.1) is 0 Å². The number of nitrogens with one attached hydrogen (secondary N) is 1. The molecule has 1 aliphatic rings. The zero-order valence-electron chi connectivity index (χ0n) is 23.0. The SMILES string of the molecule is C=C[C@@H]1C[C@H](C(=O)OC(C)(C)C)N(C(=O)OC(C)(C)C)[C@@H]1CCNC(=O)OC(C)(C)C.CC(N)=O.